The number of aliphatic hydroxyl groups is 1. The second kappa shape index (κ2) is 5.68. The molecule has 0 atom stereocenters. The maximum atomic E-state index is 12.0. The highest BCUT2D eigenvalue weighted by molar-refractivity contribution is 5.87. The van der Waals surface area contributed by atoms with E-state index >= 15 is 0 Å². The van der Waals surface area contributed by atoms with E-state index in [1.165, 1.54) is 14.2 Å². The molecule has 1 saturated carbocycles. The van der Waals surface area contributed by atoms with E-state index in [0.717, 1.165) is 0 Å². The summed E-state index contributed by atoms with van der Waals surface area (Å²) in [5.41, 5.74) is -0.454. The van der Waals surface area contributed by atoms with Crippen LogP contribution in [0.15, 0.2) is 12.1 Å². The minimum absolute atomic E-state index is 0.465. The van der Waals surface area contributed by atoms with Gasteiger partial charge in [-0.3, -0.25) is 5.32 Å². The van der Waals surface area contributed by atoms with Gasteiger partial charge in [0.05, 0.1) is 25.5 Å². The molecular formula is C16H23NO5. The number of anilines is 1. The smallest absolute Gasteiger partial charge is 0.412 e. The molecule has 1 aromatic carbocycles. The maximum Gasteiger partial charge on any atom is 0.412 e. The van der Waals surface area contributed by atoms with E-state index in [0.29, 0.717) is 35.6 Å². The summed E-state index contributed by atoms with van der Waals surface area (Å²) in [6.45, 7) is 5.36. The molecular weight excluding hydrogens is 286 g/mol. The van der Waals surface area contributed by atoms with Crippen molar-refractivity contribution in [2.75, 3.05) is 19.5 Å². The van der Waals surface area contributed by atoms with E-state index in [4.69, 9.17) is 14.2 Å². The summed E-state index contributed by atoms with van der Waals surface area (Å²) in [5, 5.41) is 13.1. The highest BCUT2D eigenvalue weighted by Crippen LogP contribution is 2.50. The molecule has 2 rings (SSSR count). The number of methoxy groups -OCH3 is 2. The highest BCUT2D eigenvalue weighted by Gasteiger charge is 2.44. The van der Waals surface area contributed by atoms with Crippen LogP contribution in [0.4, 0.5) is 10.5 Å². The average Bonchev–Trinajstić information content (AvgIpc) is 3.14. The molecule has 0 unspecified atom stereocenters. The quantitative estimate of drug-likeness (QED) is 0.894. The van der Waals surface area contributed by atoms with Crippen molar-refractivity contribution in [3.63, 3.8) is 0 Å². The Bertz CT molecular complexity index is 573. The number of carbonyl (C=O) groups is 1. The monoisotopic (exact) mass is 309 g/mol. The zero-order valence-electron chi connectivity index (χ0n) is 13.6. The van der Waals surface area contributed by atoms with Crippen molar-refractivity contribution in [2.45, 2.75) is 44.8 Å². The number of benzene rings is 1. The Morgan fingerprint density at radius 2 is 1.73 bits per heavy atom. The fraction of sp³-hybridized carbons (Fsp3) is 0.562. The molecule has 1 fully saturated rings. The molecule has 0 bridgehead atoms. The molecule has 122 valence electrons. The lowest BCUT2D eigenvalue weighted by atomic mass is 10.0. The van der Waals surface area contributed by atoms with E-state index in [9.17, 15) is 9.90 Å². The minimum Gasteiger partial charge on any atom is -0.493 e. The van der Waals surface area contributed by atoms with Crippen LogP contribution in [0, 0.1) is 0 Å². The summed E-state index contributed by atoms with van der Waals surface area (Å²) < 4.78 is 15.8. The molecule has 0 saturated heterocycles. The summed E-state index contributed by atoms with van der Waals surface area (Å²) >= 11 is 0. The van der Waals surface area contributed by atoms with Crippen molar-refractivity contribution in [3.8, 4) is 11.5 Å². The van der Waals surface area contributed by atoms with Gasteiger partial charge in [-0.15, -0.1) is 0 Å². The van der Waals surface area contributed by atoms with E-state index < -0.39 is 17.3 Å². The van der Waals surface area contributed by atoms with Gasteiger partial charge in [-0.2, -0.15) is 0 Å². The second-order valence-corrected chi connectivity index (χ2v) is 6.41. The van der Waals surface area contributed by atoms with Crippen LogP contribution in [0.5, 0.6) is 11.5 Å². The lowest BCUT2D eigenvalue weighted by Gasteiger charge is -2.22. The van der Waals surface area contributed by atoms with Gasteiger partial charge in [0, 0.05) is 11.6 Å². The molecule has 1 aliphatic rings. The van der Waals surface area contributed by atoms with Gasteiger partial charge in [0.2, 0.25) is 0 Å². The van der Waals surface area contributed by atoms with E-state index in [1.807, 2.05) is 0 Å². The summed E-state index contributed by atoms with van der Waals surface area (Å²) in [6, 6.07) is 3.33. The first-order chi connectivity index (χ1) is 10.2. The van der Waals surface area contributed by atoms with Crippen LogP contribution < -0.4 is 14.8 Å². The van der Waals surface area contributed by atoms with Gasteiger partial charge in [0.1, 0.15) is 5.60 Å². The Kier molecular flexibility index (Phi) is 4.24. The maximum absolute atomic E-state index is 12.0. The molecule has 0 radical (unpaired) electrons. The number of hydrogen-bond acceptors (Lipinski definition) is 5. The van der Waals surface area contributed by atoms with Crippen molar-refractivity contribution < 1.29 is 24.1 Å². The fourth-order valence-corrected chi connectivity index (χ4v) is 2.17. The second-order valence-electron chi connectivity index (χ2n) is 6.41. The summed E-state index contributed by atoms with van der Waals surface area (Å²) in [5.74, 6) is 0.981. The van der Waals surface area contributed by atoms with Crippen molar-refractivity contribution in [1.29, 1.82) is 0 Å². The molecule has 0 aromatic heterocycles. The summed E-state index contributed by atoms with van der Waals surface area (Å²) in [4.78, 5) is 12.0. The Morgan fingerprint density at radius 3 is 2.18 bits per heavy atom. The molecule has 22 heavy (non-hydrogen) atoms. The van der Waals surface area contributed by atoms with E-state index in [-0.39, 0.29) is 0 Å². The van der Waals surface area contributed by atoms with E-state index in [2.05, 4.69) is 5.32 Å². The predicted octanol–water partition coefficient (Wildman–Crippen LogP) is 3.03. The number of amides is 1. The van der Waals surface area contributed by atoms with E-state index in [1.54, 1.807) is 32.9 Å². The van der Waals surface area contributed by atoms with Crippen molar-refractivity contribution in [3.05, 3.63) is 17.7 Å². The Morgan fingerprint density at radius 1 is 1.18 bits per heavy atom. The topological polar surface area (TPSA) is 77.0 Å². The summed E-state index contributed by atoms with van der Waals surface area (Å²) in [7, 11) is 3.04. The van der Waals surface area contributed by atoms with Crippen LogP contribution in [0.1, 0.15) is 39.2 Å². The first kappa shape index (κ1) is 16.4. The largest absolute Gasteiger partial charge is 0.493 e. The number of ether oxygens (including phenoxy) is 3. The number of nitrogens with one attached hydrogen (secondary N) is 1. The van der Waals surface area contributed by atoms with Gasteiger partial charge < -0.3 is 19.3 Å². The van der Waals surface area contributed by atoms with Crippen molar-refractivity contribution in [1.82, 2.24) is 0 Å². The standard InChI is InChI=1S/C16H23NO5/c1-15(2,3)22-14(18)17-11-9-13(21-5)12(20-4)8-10(11)16(19)6-7-16/h8-9,19H,6-7H2,1-5H3,(H,17,18). The average molecular weight is 309 g/mol. The molecule has 6 heteroatoms. The van der Waals surface area contributed by atoms with Gasteiger partial charge in [-0.25, -0.2) is 4.79 Å². The number of carbonyl (C=O) groups excluding carboxylic acids is 1. The SMILES string of the molecule is COc1cc(NC(=O)OC(C)(C)C)c(C2(O)CC2)cc1OC. The van der Waals surface area contributed by atoms with Gasteiger partial charge in [-0.1, -0.05) is 0 Å². The number of rotatable bonds is 4. The highest BCUT2D eigenvalue weighted by atomic mass is 16.6. The molecule has 0 aliphatic heterocycles. The lowest BCUT2D eigenvalue weighted by Crippen LogP contribution is -2.28. The molecule has 2 N–H and O–H groups in total. The Hall–Kier alpha value is -1.95. The third kappa shape index (κ3) is 3.62. The number of hydrogen-bond donors (Lipinski definition) is 2. The van der Waals surface area contributed by atoms with Gasteiger partial charge in [-0.05, 0) is 39.7 Å². The normalized spacial score (nSPS) is 15.9. The zero-order valence-corrected chi connectivity index (χ0v) is 13.6. The lowest BCUT2D eigenvalue weighted by molar-refractivity contribution is 0.0635. The van der Waals surface area contributed by atoms with Crippen molar-refractivity contribution in [2.24, 2.45) is 0 Å². The molecule has 6 nitrogen and oxygen atoms in total. The fourth-order valence-electron chi connectivity index (χ4n) is 2.17. The first-order valence-corrected chi connectivity index (χ1v) is 7.17. The van der Waals surface area contributed by atoms with Gasteiger partial charge >= 0.3 is 6.09 Å². The third-order valence-corrected chi connectivity index (χ3v) is 3.38. The van der Waals surface area contributed by atoms with Crippen LogP contribution in [0.3, 0.4) is 0 Å². The molecule has 1 aromatic rings. The molecule has 0 spiro atoms. The third-order valence-electron chi connectivity index (χ3n) is 3.38. The Labute approximate surface area is 130 Å². The first-order valence-electron chi connectivity index (χ1n) is 7.17. The van der Waals surface area contributed by atoms with Crippen LogP contribution in [0.25, 0.3) is 0 Å². The zero-order chi connectivity index (χ0) is 16.5. The van der Waals surface area contributed by atoms with Gasteiger partial charge in [0.15, 0.2) is 11.5 Å². The van der Waals surface area contributed by atoms with Crippen LogP contribution in [-0.2, 0) is 10.3 Å². The summed E-state index contributed by atoms with van der Waals surface area (Å²) in [6.07, 6.45) is 0.710. The molecule has 1 aliphatic carbocycles. The van der Waals surface area contributed by atoms with Crippen LogP contribution >= 0.6 is 0 Å². The molecule has 0 heterocycles. The van der Waals surface area contributed by atoms with Crippen molar-refractivity contribution >= 4 is 11.8 Å². The van der Waals surface area contributed by atoms with Crippen LogP contribution in [-0.4, -0.2) is 31.0 Å². The van der Waals surface area contributed by atoms with Crippen LogP contribution in [0.2, 0.25) is 0 Å². The Balaban J connectivity index is 2.34. The predicted molar refractivity (Wildman–Crippen MR) is 82.5 cm³/mol. The van der Waals surface area contributed by atoms with Gasteiger partial charge in [0.25, 0.3) is 0 Å². The molecule has 1 amide bonds. The minimum atomic E-state index is -0.927.